The molecule has 0 aliphatic carbocycles. The second-order valence-corrected chi connectivity index (χ2v) is 8.16. The molecule has 0 spiro atoms. The molecule has 7 nitrogen and oxygen atoms in total. The highest BCUT2D eigenvalue weighted by Gasteiger charge is 2.20. The second kappa shape index (κ2) is 9.49. The molecule has 0 radical (unpaired) electrons. The molecule has 0 aliphatic rings. The molecule has 1 atom stereocenters. The quantitative estimate of drug-likeness (QED) is 0.609. The van der Waals surface area contributed by atoms with Gasteiger partial charge in [0.25, 0.3) is 0 Å². The predicted molar refractivity (Wildman–Crippen MR) is 118 cm³/mol. The van der Waals surface area contributed by atoms with Gasteiger partial charge < -0.3 is 5.32 Å². The van der Waals surface area contributed by atoms with E-state index in [1.54, 1.807) is 6.92 Å². The van der Waals surface area contributed by atoms with Gasteiger partial charge in [0.15, 0.2) is 0 Å². The van der Waals surface area contributed by atoms with Gasteiger partial charge >= 0.3 is 6.03 Å². The van der Waals surface area contributed by atoms with E-state index in [-0.39, 0.29) is 0 Å². The average Bonchev–Trinajstić information content (AvgIpc) is 2.74. The largest absolute Gasteiger partial charge is 0.341 e. The van der Waals surface area contributed by atoms with E-state index in [1.165, 1.54) is 7.05 Å². The number of hydrogen-bond acceptors (Lipinski definition) is 6. The lowest BCUT2D eigenvalue weighted by Gasteiger charge is -2.12. The van der Waals surface area contributed by atoms with Gasteiger partial charge in [-0.05, 0) is 20.8 Å². The first-order valence-corrected chi connectivity index (χ1v) is 10.3. The zero-order valence-corrected chi connectivity index (χ0v) is 18.1. The number of urea groups is 1. The van der Waals surface area contributed by atoms with Gasteiger partial charge in [0, 0.05) is 18.2 Å². The molecule has 8 heteroatoms. The Labute approximate surface area is 179 Å². The molecule has 0 saturated carbocycles. The first-order valence-electron chi connectivity index (χ1n) is 9.45. The van der Waals surface area contributed by atoms with Crippen molar-refractivity contribution >= 4 is 23.7 Å². The fourth-order valence-corrected chi connectivity index (χ4v) is 3.38. The predicted octanol–water partition coefficient (Wildman–Crippen LogP) is 3.76. The first-order chi connectivity index (χ1) is 14.4. The van der Waals surface area contributed by atoms with Crippen LogP contribution in [0.25, 0.3) is 22.5 Å². The standard InChI is InChI=1S/C22H23N5O2S/c1-13-5-9-16(10-6-13)18-19(17-11-7-14(2)8-12-17)26-27-22(24-18)30-15(3)20(28)25-21(29)23-4/h5-12,15H,1-4H3,(H2,23,25,28,29)/t15-/m1/s1. The highest BCUT2D eigenvalue weighted by molar-refractivity contribution is 8.00. The molecule has 0 fully saturated rings. The van der Waals surface area contributed by atoms with Crippen molar-refractivity contribution in [2.24, 2.45) is 0 Å². The number of rotatable bonds is 5. The second-order valence-electron chi connectivity index (χ2n) is 6.85. The van der Waals surface area contributed by atoms with Crippen LogP contribution in [-0.4, -0.2) is 39.4 Å². The number of carbonyl (C=O) groups is 2. The van der Waals surface area contributed by atoms with E-state index in [2.05, 4.69) is 20.8 Å². The third-order valence-electron chi connectivity index (χ3n) is 4.43. The van der Waals surface area contributed by atoms with Crippen LogP contribution in [0, 0.1) is 13.8 Å². The molecule has 154 valence electrons. The minimum Gasteiger partial charge on any atom is -0.341 e. The molecule has 3 rings (SSSR count). The zero-order chi connectivity index (χ0) is 21.7. The van der Waals surface area contributed by atoms with Crippen molar-refractivity contribution < 1.29 is 9.59 Å². The Kier molecular flexibility index (Phi) is 6.79. The van der Waals surface area contributed by atoms with Crippen LogP contribution in [0.5, 0.6) is 0 Å². The van der Waals surface area contributed by atoms with Gasteiger partial charge in [-0.3, -0.25) is 10.1 Å². The summed E-state index contributed by atoms with van der Waals surface area (Å²) in [6, 6.07) is 15.5. The zero-order valence-electron chi connectivity index (χ0n) is 17.3. The van der Waals surface area contributed by atoms with Crippen molar-refractivity contribution in [3.05, 3.63) is 59.7 Å². The summed E-state index contributed by atoms with van der Waals surface area (Å²) in [6.45, 7) is 5.74. The van der Waals surface area contributed by atoms with Crippen molar-refractivity contribution in [2.75, 3.05) is 7.05 Å². The Morgan fingerprint density at radius 3 is 1.93 bits per heavy atom. The number of hydrogen-bond donors (Lipinski definition) is 2. The summed E-state index contributed by atoms with van der Waals surface area (Å²) in [5, 5.41) is 13.1. The van der Waals surface area contributed by atoms with E-state index in [9.17, 15) is 9.59 Å². The van der Waals surface area contributed by atoms with Crippen LogP contribution >= 0.6 is 11.8 Å². The fraction of sp³-hybridized carbons (Fsp3) is 0.227. The Morgan fingerprint density at radius 1 is 0.867 bits per heavy atom. The van der Waals surface area contributed by atoms with Gasteiger partial charge in [0.2, 0.25) is 11.1 Å². The number of carbonyl (C=O) groups excluding carboxylic acids is 2. The lowest BCUT2D eigenvalue weighted by atomic mass is 10.0. The summed E-state index contributed by atoms with van der Waals surface area (Å²) in [6.07, 6.45) is 0. The van der Waals surface area contributed by atoms with Crippen LogP contribution in [0.15, 0.2) is 53.7 Å². The lowest BCUT2D eigenvalue weighted by molar-refractivity contribution is -0.119. The molecule has 1 aromatic heterocycles. The highest BCUT2D eigenvalue weighted by atomic mass is 32.2. The number of aromatic nitrogens is 3. The van der Waals surface area contributed by atoms with Crippen LogP contribution in [0.2, 0.25) is 0 Å². The van der Waals surface area contributed by atoms with E-state index in [4.69, 9.17) is 4.98 Å². The number of nitrogens with one attached hydrogen (secondary N) is 2. The topological polar surface area (TPSA) is 96.9 Å². The van der Waals surface area contributed by atoms with Gasteiger partial charge in [-0.15, -0.1) is 10.2 Å². The number of thioether (sulfide) groups is 1. The maximum Gasteiger partial charge on any atom is 0.321 e. The summed E-state index contributed by atoms with van der Waals surface area (Å²) in [7, 11) is 1.45. The summed E-state index contributed by atoms with van der Waals surface area (Å²) in [4.78, 5) is 28.2. The summed E-state index contributed by atoms with van der Waals surface area (Å²) < 4.78 is 0. The number of benzene rings is 2. The minimum atomic E-state index is -0.569. The molecule has 0 unspecified atom stereocenters. The number of aryl methyl sites for hydroxylation is 2. The highest BCUT2D eigenvalue weighted by Crippen LogP contribution is 2.31. The Morgan fingerprint density at radius 2 is 1.40 bits per heavy atom. The number of amides is 3. The first kappa shape index (κ1) is 21.4. The summed E-state index contributed by atoms with van der Waals surface area (Å²) in [5.74, 6) is -0.428. The van der Waals surface area contributed by atoms with Crippen LogP contribution in [0.4, 0.5) is 4.79 Å². The van der Waals surface area contributed by atoms with E-state index < -0.39 is 17.2 Å². The maximum atomic E-state index is 12.2. The van der Waals surface area contributed by atoms with E-state index in [1.807, 2.05) is 62.4 Å². The van der Waals surface area contributed by atoms with Crippen LogP contribution in [0.1, 0.15) is 18.1 Å². The Bertz CT molecular complexity index is 1050. The average molecular weight is 422 g/mol. The summed E-state index contributed by atoms with van der Waals surface area (Å²) >= 11 is 1.15. The van der Waals surface area contributed by atoms with Gasteiger partial charge in [-0.25, -0.2) is 9.78 Å². The van der Waals surface area contributed by atoms with E-state index in [0.717, 1.165) is 34.0 Å². The molecule has 1 heterocycles. The monoisotopic (exact) mass is 421 g/mol. The van der Waals surface area contributed by atoms with Crippen molar-refractivity contribution in [3.63, 3.8) is 0 Å². The number of nitrogens with zero attached hydrogens (tertiary/aromatic N) is 3. The Balaban J connectivity index is 1.96. The van der Waals surface area contributed by atoms with Crippen molar-refractivity contribution in [1.29, 1.82) is 0 Å². The van der Waals surface area contributed by atoms with Crippen molar-refractivity contribution in [2.45, 2.75) is 31.2 Å². The normalized spacial score (nSPS) is 11.6. The molecule has 2 aromatic carbocycles. The van der Waals surface area contributed by atoms with Crippen LogP contribution < -0.4 is 10.6 Å². The van der Waals surface area contributed by atoms with E-state index in [0.29, 0.717) is 16.5 Å². The molecule has 0 bridgehead atoms. The van der Waals surface area contributed by atoms with E-state index >= 15 is 0 Å². The van der Waals surface area contributed by atoms with Gasteiger partial charge in [0.1, 0.15) is 11.4 Å². The van der Waals surface area contributed by atoms with Gasteiger partial charge in [-0.1, -0.05) is 71.4 Å². The number of imide groups is 1. The molecule has 3 amide bonds. The molecular weight excluding hydrogens is 398 g/mol. The summed E-state index contributed by atoms with van der Waals surface area (Å²) in [5.41, 5.74) is 5.49. The van der Waals surface area contributed by atoms with Crippen LogP contribution in [0.3, 0.4) is 0 Å². The van der Waals surface area contributed by atoms with Gasteiger partial charge in [0.05, 0.1) is 5.25 Å². The fourth-order valence-electron chi connectivity index (χ4n) is 2.67. The molecule has 3 aromatic rings. The molecule has 30 heavy (non-hydrogen) atoms. The van der Waals surface area contributed by atoms with Crippen molar-refractivity contribution in [3.8, 4) is 22.5 Å². The van der Waals surface area contributed by atoms with Gasteiger partial charge in [-0.2, -0.15) is 0 Å². The van der Waals surface area contributed by atoms with Crippen LogP contribution in [-0.2, 0) is 4.79 Å². The third kappa shape index (κ3) is 5.21. The Hall–Kier alpha value is -3.26. The van der Waals surface area contributed by atoms with Crippen molar-refractivity contribution in [1.82, 2.24) is 25.8 Å². The smallest absolute Gasteiger partial charge is 0.321 e. The molecule has 2 N–H and O–H groups in total. The lowest BCUT2D eigenvalue weighted by Crippen LogP contribution is -2.41. The molecule has 0 aliphatic heterocycles. The maximum absolute atomic E-state index is 12.2. The minimum absolute atomic E-state index is 0.362. The molecule has 0 saturated heterocycles. The SMILES string of the molecule is CNC(=O)NC(=O)[C@@H](C)Sc1nnc(-c2ccc(C)cc2)c(-c2ccc(C)cc2)n1. The third-order valence-corrected chi connectivity index (χ3v) is 5.38. The molecular formula is C22H23N5O2S.